The van der Waals surface area contributed by atoms with Crippen LogP contribution in [0.1, 0.15) is 17.2 Å². The number of aromatic nitrogens is 1. The van der Waals surface area contributed by atoms with E-state index in [1.165, 1.54) is 6.20 Å². The number of hydrogen-bond acceptors (Lipinski definition) is 3. The number of methoxy groups -OCH3 is 1. The van der Waals surface area contributed by atoms with E-state index in [-0.39, 0.29) is 0 Å². The summed E-state index contributed by atoms with van der Waals surface area (Å²) in [5.74, 6) is -1.00. The van der Waals surface area contributed by atoms with Crippen LogP contribution in [0.25, 0.3) is 0 Å². The van der Waals surface area contributed by atoms with Gasteiger partial charge in [-0.3, -0.25) is 9.78 Å². The van der Waals surface area contributed by atoms with E-state index in [1.807, 2.05) is 24.3 Å². The highest BCUT2D eigenvalue weighted by Gasteiger charge is 2.24. The molecule has 0 radical (unpaired) electrons. The maximum Gasteiger partial charge on any atom is 0.312 e. The van der Waals surface area contributed by atoms with Gasteiger partial charge in [0.05, 0.1) is 17.8 Å². The summed E-state index contributed by atoms with van der Waals surface area (Å²) in [6.07, 6.45) is 1.77. The van der Waals surface area contributed by atoms with Crippen molar-refractivity contribution in [3.63, 3.8) is 0 Å². The zero-order valence-electron chi connectivity index (χ0n) is 11.2. The molecule has 0 amide bonds. The Labute approximate surface area is 135 Å². The molecule has 0 saturated heterocycles. The van der Waals surface area contributed by atoms with Crippen LogP contribution in [0.2, 0.25) is 5.02 Å². The monoisotopic (exact) mass is 369 g/mol. The van der Waals surface area contributed by atoms with Gasteiger partial charge in [-0.05, 0) is 46.1 Å². The summed E-state index contributed by atoms with van der Waals surface area (Å²) in [5.41, 5.74) is 1.32. The number of rotatable bonds is 5. The Hall–Kier alpha value is -1.59. The summed E-state index contributed by atoms with van der Waals surface area (Å²) < 4.78 is 5.74. The van der Waals surface area contributed by atoms with Crippen LogP contribution in [0.15, 0.2) is 41.0 Å². The van der Waals surface area contributed by atoms with Crippen LogP contribution < -0.4 is 4.74 Å². The standard InChI is InChI=1S/C15H13BrClNO3/c1-21-11-4-2-3-9(5-11)6-12(15(19)20)14-13(16)7-10(17)8-18-14/h2-5,7-8,12H,6H2,1H3,(H,19,20). The molecule has 1 atom stereocenters. The van der Waals surface area contributed by atoms with Crippen LogP contribution in [0.4, 0.5) is 0 Å². The fraction of sp³-hybridized carbons (Fsp3) is 0.200. The Morgan fingerprint density at radius 2 is 2.24 bits per heavy atom. The van der Waals surface area contributed by atoms with E-state index in [0.29, 0.717) is 27.4 Å². The fourth-order valence-electron chi connectivity index (χ4n) is 2.02. The Morgan fingerprint density at radius 1 is 1.48 bits per heavy atom. The van der Waals surface area contributed by atoms with Crippen molar-refractivity contribution in [3.05, 3.63) is 57.3 Å². The molecule has 2 aromatic rings. The van der Waals surface area contributed by atoms with Crippen molar-refractivity contribution in [2.45, 2.75) is 12.3 Å². The maximum absolute atomic E-state index is 11.6. The third-order valence-electron chi connectivity index (χ3n) is 3.04. The molecule has 0 fully saturated rings. The Balaban J connectivity index is 2.33. The number of nitrogens with zero attached hydrogens (tertiary/aromatic N) is 1. The van der Waals surface area contributed by atoms with Crippen molar-refractivity contribution in [2.24, 2.45) is 0 Å². The first-order valence-electron chi connectivity index (χ1n) is 6.18. The molecule has 110 valence electrons. The summed E-state index contributed by atoms with van der Waals surface area (Å²) >= 11 is 9.17. The molecule has 0 bridgehead atoms. The van der Waals surface area contributed by atoms with Gasteiger partial charge in [0.15, 0.2) is 0 Å². The van der Waals surface area contributed by atoms with Crippen LogP contribution in [-0.2, 0) is 11.2 Å². The number of carboxylic acids is 1. The minimum absolute atomic E-state index is 0.319. The highest BCUT2D eigenvalue weighted by atomic mass is 79.9. The van der Waals surface area contributed by atoms with Gasteiger partial charge in [-0.25, -0.2) is 0 Å². The van der Waals surface area contributed by atoms with E-state index < -0.39 is 11.9 Å². The van der Waals surface area contributed by atoms with Crippen molar-refractivity contribution in [2.75, 3.05) is 7.11 Å². The molecule has 1 unspecified atom stereocenters. The summed E-state index contributed by atoms with van der Waals surface area (Å²) in [4.78, 5) is 15.7. The number of aliphatic carboxylic acids is 1. The highest BCUT2D eigenvalue weighted by Crippen LogP contribution is 2.29. The van der Waals surface area contributed by atoms with E-state index in [1.54, 1.807) is 13.2 Å². The molecule has 0 aliphatic heterocycles. The first kappa shape index (κ1) is 15.8. The van der Waals surface area contributed by atoms with Gasteiger partial charge >= 0.3 is 5.97 Å². The molecule has 0 spiro atoms. The molecule has 1 N–H and O–H groups in total. The summed E-state index contributed by atoms with van der Waals surface area (Å²) in [6.45, 7) is 0. The zero-order chi connectivity index (χ0) is 15.4. The van der Waals surface area contributed by atoms with Gasteiger partial charge < -0.3 is 9.84 Å². The molecule has 0 aliphatic rings. The molecule has 21 heavy (non-hydrogen) atoms. The molecule has 1 aromatic carbocycles. The number of ether oxygens (including phenoxy) is 1. The number of pyridine rings is 1. The van der Waals surface area contributed by atoms with Crippen molar-refractivity contribution < 1.29 is 14.6 Å². The second-order valence-corrected chi connectivity index (χ2v) is 5.76. The normalized spacial score (nSPS) is 12.0. The lowest BCUT2D eigenvalue weighted by Crippen LogP contribution is -2.16. The average molecular weight is 371 g/mol. The lowest BCUT2D eigenvalue weighted by atomic mass is 9.95. The number of hydrogen-bond donors (Lipinski definition) is 1. The van der Waals surface area contributed by atoms with Gasteiger partial charge in [0, 0.05) is 10.7 Å². The summed E-state index contributed by atoms with van der Waals surface area (Å²) in [6, 6.07) is 8.97. The van der Waals surface area contributed by atoms with Crippen LogP contribution in [0.5, 0.6) is 5.75 Å². The molecule has 0 aliphatic carbocycles. The Bertz CT molecular complexity index is 663. The molecule has 4 nitrogen and oxygen atoms in total. The van der Waals surface area contributed by atoms with Gasteiger partial charge in [0.1, 0.15) is 11.7 Å². The van der Waals surface area contributed by atoms with Gasteiger partial charge in [0.2, 0.25) is 0 Å². The third-order valence-corrected chi connectivity index (χ3v) is 3.88. The van der Waals surface area contributed by atoms with E-state index in [0.717, 1.165) is 5.56 Å². The highest BCUT2D eigenvalue weighted by molar-refractivity contribution is 9.10. The largest absolute Gasteiger partial charge is 0.497 e. The van der Waals surface area contributed by atoms with Crippen molar-refractivity contribution in [1.29, 1.82) is 0 Å². The molecule has 1 aromatic heterocycles. The van der Waals surface area contributed by atoms with Gasteiger partial charge in [0.25, 0.3) is 0 Å². The van der Waals surface area contributed by atoms with Crippen molar-refractivity contribution >= 4 is 33.5 Å². The average Bonchev–Trinajstić information content (AvgIpc) is 2.45. The van der Waals surface area contributed by atoms with Gasteiger partial charge in [-0.1, -0.05) is 23.7 Å². The quantitative estimate of drug-likeness (QED) is 0.866. The number of halogens is 2. The lowest BCUT2D eigenvalue weighted by molar-refractivity contribution is -0.138. The maximum atomic E-state index is 11.6. The van der Waals surface area contributed by atoms with Crippen LogP contribution in [0.3, 0.4) is 0 Å². The summed E-state index contributed by atoms with van der Waals surface area (Å²) in [5, 5.41) is 9.94. The number of benzene rings is 1. The zero-order valence-corrected chi connectivity index (χ0v) is 13.6. The van der Waals surface area contributed by atoms with Crippen LogP contribution >= 0.6 is 27.5 Å². The van der Waals surface area contributed by atoms with Crippen LogP contribution in [-0.4, -0.2) is 23.2 Å². The van der Waals surface area contributed by atoms with E-state index in [2.05, 4.69) is 20.9 Å². The number of carboxylic acid groups (broad SMARTS) is 1. The minimum atomic E-state index is -0.937. The second-order valence-electron chi connectivity index (χ2n) is 4.47. The SMILES string of the molecule is COc1cccc(CC(C(=O)O)c2ncc(Cl)cc2Br)c1. The van der Waals surface area contributed by atoms with Crippen LogP contribution in [0, 0.1) is 0 Å². The predicted octanol–water partition coefficient (Wildman–Crippen LogP) is 3.92. The molecule has 1 heterocycles. The van der Waals surface area contributed by atoms with Gasteiger partial charge in [-0.15, -0.1) is 0 Å². The lowest BCUT2D eigenvalue weighted by Gasteiger charge is -2.14. The molecular formula is C15H13BrClNO3. The van der Waals surface area contributed by atoms with Crippen molar-refractivity contribution in [1.82, 2.24) is 4.98 Å². The van der Waals surface area contributed by atoms with E-state index in [4.69, 9.17) is 16.3 Å². The van der Waals surface area contributed by atoms with E-state index in [9.17, 15) is 9.90 Å². The molecule has 6 heteroatoms. The van der Waals surface area contributed by atoms with Gasteiger partial charge in [-0.2, -0.15) is 0 Å². The first-order valence-corrected chi connectivity index (χ1v) is 7.35. The molecular weight excluding hydrogens is 358 g/mol. The van der Waals surface area contributed by atoms with Crippen molar-refractivity contribution in [3.8, 4) is 5.75 Å². The Kier molecular flexibility index (Phi) is 5.20. The topological polar surface area (TPSA) is 59.4 Å². The number of carbonyl (C=O) groups is 1. The fourth-order valence-corrected chi connectivity index (χ4v) is 2.93. The molecule has 0 saturated carbocycles. The first-order chi connectivity index (χ1) is 10.0. The smallest absolute Gasteiger partial charge is 0.312 e. The van der Waals surface area contributed by atoms with E-state index >= 15 is 0 Å². The second kappa shape index (κ2) is 6.91. The minimum Gasteiger partial charge on any atom is -0.497 e. The predicted molar refractivity (Wildman–Crippen MR) is 84.0 cm³/mol. The summed E-state index contributed by atoms with van der Waals surface area (Å²) in [7, 11) is 1.57. The Morgan fingerprint density at radius 3 is 2.86 bits per heavy atom. The third kappa shape index (κ3) is 3.95. The molecule has 2 rings (SSSR count).